The Morgan fingerprint density at radius 3 is 2.80 bits per heavy atom. The third-order valence-electron chi connectivity index (χ3n) is 2.73. The van der Waals surface area contributed by atoms with E-state index < -0.39 is 17.2 Å². The summed E-state index contributed by atoms with van der Waals surface area (Å²) in [5.41, 5.74) is 1.62. The molecule has 0 aliphatic carbocycles. The number of hydrazine groups is 1. The van der Waals surface area contributed by atoms with Crippen LogP contribution in [0.15, 0.2) is 40.1 Å². The van der Waals surface area contributed by atoms with E-state index in [0.29, 0.717) is 5.69 Å². The molecule has 2 heterocycles. The van der Waals surface area contributed by atoms with Crippen LogP contribution in [0.25, 0.3) is 0 Å². The Morgan fingerprint density at radius 2 is 2.10 bits per heavy atom. The first-order chi connectivity index (χ1) is 9.52. The number of amides is 1. The second-order valence-electron chi connectivity index (χ2n) is 4.12. The van der Waals surface area contributed by atoms with Gasteiger partial charge in [0.25, 0.3) is 11.5 Å². The molecule has 20 heavy (non-hydrogen) atoms. The second-order valence-corrected chi connectivity index (χ2v) is 4.12. The number of carbonyl (C=O) groups is 1. The van der Waals surface area contributed by atoms with Gasteiger partial charge in [0, 0.05) is 19.3 Å². The molecular weight excluding hydrogens is 262 g/mol. The lowest BCUT2D eigenvalue weighted by Crippen LogP contribution is -2.38. The Hall–Kier alpha value is -2.74. The van der Waals surface area contributed by atoms with Crippen LogP contribution in [-0.4, -0.2) is 20.0 Å². The third kappa shape index (κ3) is 2.64. The summed E-state index contributed by atoms with van der Waals surface area (Å²) in [7, 11) is 1.55. The number of pyridine rings is 1. The number of nitrogens with zero attached hydrogens (tertiary/aromatic N) is 3. The predicted octanol–water partition coefficient (Wildman–Crippen LogP) is -1.41. The number of nitrogens with one attached hydrogen (secondary N) is 1. The summed E-state index contributed by atoms with van der Waals surface area (Å²) in [5.74, 6) is 4.49. The Bertz CT molecular complexity index is 762. The first-order valence-corrected chi connectivity index (χ1v) is 5.76. The zero-order valence-corrected chi connectivity index (χ0v) is 10.7. The summed E-state index contributed by atoms with van der Waals surface area (Å²) in [5, 5.41) is 0. The molecule has 0 radical (unpaired) electrons. The van der Waals surface area contributed by atoms with Gasteiger partial charge in [0.15, 0.2) is 0 Å². The highest BCUT2D eigenvalue weighted by atomic mass is 16.2. The number of nitrogen functional groups attached to an aromatic ring is 1. The molecule has 0 atom stereocenters. The minimum Gasteiger partial charge on any atom is -0.303 e. The summed E-state index contributed by atoms with van der Waals surface area (Å²) < 4.78 is 2.32. The summed E-state index contributed by atoms with van der Waals surface area (Å²) >= 11 is 0. The van der Waals surface area contributed by atoms with Crippen LogP contribution in [0.1, 0.15) is 16.2 Å². The second kappa shape index (κ2) is 5.49. The van der Waals surface area contributed by atoms with E-state index in [0.717, 1.165) is 4.57 Å². The maximum absolute atomic E-state index is 11.9. The molecular formula is C12H13N5O3. The lowest BCUT2D eigenvalue weighted by atomic mass is 10.3. The molecule has 0 aliphatic rings. The fraction of sp³-hybridized carbons (Fsp3) is 0.167. The number of hydrogen-bond acceptors (Lipinski definition) is 5. The standard InChI is InChI=1S/C12H13N5O3/c1-16-6-5-10(18)17(12(16)20)7-8-3-2-4-9(14-8)11(19)15-13/h2-6H,7,13H2,1H3,(H,15,19). The van der Waals surface area contributed by atoms with Crippen LogP contribution in [0.4, 0.5) is 0 Å². The van der Waals surface area contributed by atoms with Crippen molar-refractivity contribution in [2.75, 3.05) is 0 Å². The SMILES string of the molecule is Cn1ccc(=O)n(Cc2cccc(C(=O)NN)n2)c1=O. The molecule has 8 heteroatoms. The number of aryl methyl sites for hydroxylation is 1. The summed E-state index contributed by atoms with van der Waals surface area (Å²) in [6, 6.07) is 5.99. The van der Waals surface area contributed by atoms with Gasteiger partial charge >= 0.3 is 5.69 Å². The van der Waals surface area contributed by atoms with Crippen molar-refractivity contribution >= 4 is 5.91 Å². The highest BCUT2D eigenvalue weighted by Gasteiger charge is 2.08. The Kier molecular flexibility index (Phi) is 3.76. The fourth-order valence-electron chi connectivity index (χ4n) is 1.69. The molecule has 0 saturated carbocycles. The Labute approximate surface area is 113 Å². The van der Waals surface area contributed by atoms with Crippen LogP contribution in [0.2, 0.25) is 0 Å². The lowest BCUT2D eigenvalue weighted by molar-refractivity contribution is 0.0948. The van der Waals surface area contributed by atoms with Crippen LogP contribution >= 0.6 is 0 Å². The smallest absolute Gasteiger partial charge is 0.303 e. The van der Waals surface area contributed by atoms with Gasteiger partial charge in [-0.1, -0.05) is 6.07 Å². The molecule has 0 aromatic carbocycles. The fourth-order valence-corrected chi connectivity index (χ4v) is 1.69. The van der Waals surface area contributed by atoms with Gasteiger partial charge in [0.2, 0.25) is 0 Å². The molecule has 1 amide bonds. The number of aromatic nitrogens is 3. The summed E-state index contributed by atoms with van der Waals surface area (Å²) in [4.78, 5) is 39.0. The van der Waals surface area contributed by atoms with Gasteiger partial charge in [-0.3, -0.25) is 19.6 Å². The van der Waals surface area contributed by atoms with E-state index >= 15 is 0 Å². The monoisotopic (exact) mass is 275 g/mol. The van der Waals surface area contributed by atoms with Crippen LogP contribution in [0.3, 0.4) is 0 Å². The lowest BCUT2D eigenvalue weighted by Gasteiger charge is -2.07. The van der Waals surface area contributed by atoms with Crippen LogP contribution < -0.4 is 22.5 Å². The molecule has 3 N–H and O–H groups in total. The van der Waals surface area contributed by atoms with Crippen molar-refractivity contribution in [1.82, 2.24) is 19.5 Å². The molecule has 0 aliphatic heterocycles. The highest BCUT2D eigenvalue weighted by Crippen LogP contribution is 2.00. The van der Waals surface area contributed by atoms with Crippen molar-refractivity contribution in [3.8, 4) is 0 Å². The van der Waals surface area contributed by atoms with E-state index in [1.165, 1.54) is 22.9 Å². The van der Waals surface area contributed by atoms with E-state index in [1.54, 1.807) is 19.2 Å². The highest BCUT2D eigenvalue weighted by molar-refractivity contribution is 5.91. The number of carbonyl (C=O) groups excluding carboxylic acids is 1. The van der Waals surface area contributed by atoms with E-state index in [-0.39, 0.29) is 12.2 Å². The Morgan fingerprint density at radius 1 is 1.35 bits per heavy atom. The summed E-state index contributed by atoms with van der Waals surface area (Å²) in [6.45, 7) is -0.0158. The topological polar surface area (TPSA) is 112 Å². The molecule has 0 unspecified atom stereocenters. The molecule has 0 saturated heterocycles. The number of nitrogens with two attached hydrogens (primary N) is 1. The van der Waals surface area contributed by atoms with Crippen molar-refractivity contribution in [2.45, 2.75) is 6.54 Å². The van der Waals surface area contributed by atoms with Crippen LogP contribution in [-0.2, 0) is 13.6 Å². The molecule has 0 spiro atoms. The first kappa shape index (κ1) is 13.7. The number of hydrogen-bond donors (Lipinski definition) is 2. The van der Waals surface area contributed by atoms with E-state index in [4.69, 9.17) is 5.84 Å². The average molecular weight is 275 g/mol. The normalized spacial score (nSPS) is 10.3. The zero-order valence-electron chi connectivity index (χ0n) is 10.7. The molecule has 8 nitrogen and oxygen atoms in total. The van der Waals surface area contributed by atoms with Gasteiger partial charge in [-0.05, 0) is 12.1 Å². The van der Waals surface area contributed by atoms with Gasteiger partial charge in [0.05, 0.1) is 12.2 Å². The van der Waals surface area contributed by atoms with E-state index in [2.05, 4.69) is 4.98 Å². The minimum absolute atomic E-state index is 0.0158. The molecule has 2 aromatic rings. The van der Waals surface area contributed by atoms with Crippen LogP contribution in [0, 0.1) is 0 Å². The third-order valence-corrected chi connectivity index (χ3v) is 2.73. The van der Waals surface area contributed by atoms with Crippen molar-refractivity contribution in [2.24, 2.45) is 12.9 Å². The molecule has 104 valence electrons. The van der Waals surface area contributed by atoms with Gasteiger partial charge in [-0.15, -0.1) is 0 Å². The van der Waals surface area contributed by atoms with E-state index in [1.807, 2.05) is 5.43 Å². The minimum atomic E-state index is -0.542. The van der Waals surface area contributed by atoms with Crippen molar-refractivity contribution in [1.29, 1.82) is 0 Å². The molecule has 2 rings (SSSR count). The van der Waals surface area contributed by atoms with Gasteiger partial charge < -0.3 is 4.57 Å². The molecule has 0 bridgehead atoms. The number of rotatable bonds is 3. The Balaban J connectivity index is 2.41. The first-order valence-electron chi connectivity index (χ1n) is 5.76. The van der Waals surface area contributed by atoms with Gasteiger partial charge in [0.1, 0.15) is 5.69 Å². The maximum atomic E-state index is 11.9. The van der Waals surface area contributed by atoms with Gasteiger partial charge in [-0.25, -0.2) is 15.6 Å². The molecule has 2 aromatic heterocycles. The zero-order chi connectivity index (χ0) is 14.7. The summed E-state index contributed by atoms with van der Waals surface area (Å²) in [6.07, 6.45) is 1.40. The predicted molar refractivity (Wildman–Crippen MR) is 70.9 cm³/mol. The average Bonchev–Trinajstić information content (AvgIpc) is 2.47. The van der Waals surface area contributed by atoms with Crippen molar-refractivity contribution in [3.05, 3.63) is 62.7 Å². The van der Waals surface area contributed by atoms with Crippen molar-refractivity contribution < 1.29 is 4.79 Å². The van der Waals surface area contributed by atoms with Crippen molar-refractivity contribution in [3.63, 3.8) is 0 Å². The van der Waals surface area contributed by atoms with Crippen LogP contribution in [0.5, 0.6) is 0 Å². The molecule has 0 fully saturated rings. The quantitative estimate of drug-likeness (QED) is 0.406. The largest absolute Gasteiger partial charge is 0.331 e. The maximum Gasteiger partial charge on any atom is 0.331 e. The van der Waals surface area contributed by atoms with E-state index in [9.17, 15) is 14.4 Å². The van der Waals surface area contributed by atoms with Gasteiger partial charge in [-0.2, -0.15) is 0 Å².